The molecule has 0 aliphatic heterocycles. The van der Waals surface area contributed by atoms with E-state index in [-0.39, 0.29) is 0 Å². The number of hydrogen-bond donors (Lipinski definition) is 1. The van der Waals surface area contributed by atoms with Gasteiger partial charge in [0.1, 0.15) is 0 Å². The van der Waals surface area contributed by atoms with Crippen LogP contribution in [0.1, 0.15) is 39.5 Å². The maximum atomic E-state index is 5.51. The standard InChI is InChI=1S/C15H32N2O2/c1-4-18-12-10-17(11-13-19-5-2)15-8-6-14(16-3)7-9-15/h14-16H,4-13H2,1-3H3. The van der Waals surface area contributed by atoms with Gasteiger partial charge in [-0.3, -0.25) is 4.90 Å². The van der Waals surface area contributed by atoms with Gasteiger partial charge in [0, 0.05) is 38.4 Å². The van der Waals surface area contributed by atoms with E-state index in [0.717, 1.165) is 45.6 Å². The van der Waals surface area contributed by atoms with E-state index < -0.39 is 0 Å². The van der Waals surface area contributed by atoms with Crippen molar-refractivity contribution in [2.45, 2.75) is 51.6 Å². The fraction of sp³-hybridized carbons (Fsp3) is 1.00. The van der Waals surface area contributed by atoms with Crippen molar-refractivity contribution in [1.29, 1.82) is 0 Å². The van der Waals surface area contributed by atoms with E-state index >= 15 is 0 Å². The van der Waals surface area contributed by atoms with Gasteiger partial charge in [-0.2, -0.15) is 0 Å². The Hall–Kier alpha value is -0.160. The van der Waals surface area contributed by atoms with Crippen LogP contribution in [-0.4, -0.2) is 63.5 Å². The molecule has 1 aliphatic rings. The highest BCUT2D eigenvalue weighted by Gasteiger charge is 2.24. The summed E-state index contributed by atoms with van der Waals surface area (Å²) in [6.07, 6.45) is 5.18. The van der Waals surface area contributed by atoms with Crippen molar-refractivity contribution >= 4 is 0 Å². The zero-order valence-electron chi connectivity index (χ0n) is 13.0. The summed E-state index contributed by atoms with van der Waals surface area (Å²) in [5, 5.41) is 3.40. The van der Waals surface area contributed by atoms with E-state index in [9.17, 15) is 0 Å². The quantitative estimate of drug-likeness (QED) is 0.616. The monoisotopic (exact) mass is 272 g/mol. The Morgan fingerprint density at radius 1 is 0.947 bits per heavy atom. The molecule has 0 amide bonds. The van der Waals surface area contributed by atoms with Gasteiger partial charge in [-0.25, -0.2) is 0 Å². The number of hydrogen-bond acceptors (Lipinski definition) is 4. The minimum Gasteiger partial charge on any atom is -0.380 e. The van der Waals surface area contributed by atoms with Crippen LogP contribution in [-0.2, 0) is 9.47 Å². The third kappa shape index (κ3) is 6.70. The molecule has 1 saturated carbocycles. The average Bonchev–Trinajstić information content (AvgIpc) is 2.46. The zero-order chi connectivity index (χ0) is 13.9. The first-order valence-electron chi connectivity index (χ1n) is 7.88. The van der Waals surface area contributed by atoms with Gasteiger partial charge in [-0.05, 0) is 46.6 Å². The van der Waals surface area contributed by atoms with E-state index in [2.05, 4.69) is 31.1 Å². The molecule has 1 rings (SSSR count). The molecule has 1 aliphatic carbocycles. The summed E-state index contributed by atoms with van der Waals surface area (Å²) in [6.45, 7) is 9.50. The second kappa shape index (κ2) is 10.6. The van der Waals surface area contributed by atoms with Crippen molar-refractivity contribution in [2.75, 3.05) is 46.6 Å². The van der Waals surface area contributed by atoms with Crippen LogP contribution in [0.25, 0.3) is 0 Å². The maximum absolute atomic E-state index is 5.51. The smallest absolute Gasteiger partial charge is 0.0593 e. The average molecular weight is 272 g/mol. The Bertz CT molecular complexity index is 196. The Labute approximate surface area is 118 Å². The molecule has 0 radical (unpaired) electrons. The molecule has 1 fully saturated rings. The molecule has 0 saturated heterocycles. The second-order valence-electron chi connectivity index (χ2n) is 5.22. The molecule has 0 heterocycles. The van der Waals surface area contributed by atoms with Gasteiger partial charge in [0.2, 0.25) is 0 Å². The maximum Gasteiger partial charge on any atom is 0.0593 e. The number of ether oxygens (including phenoxy) is 2. The molecule has 114 valence electrons. The fourth-order valence-electron chi connectivity index (χ4n) is 2.86. The molecule has 0 aromatic heterocycles. The molecule has 1 N–H and O–H groups in total. The largest absolute Gasteiger partial charge is 0.380 e. The molecule has 4 heteroatoms. The van der Waals surface area contributed by atoms with Crippen molar-refractivity contribution in [3.63, 3.8) is 0 Å². The molecule has 0 aromatic rings. The van der Waals surface area contributed by atoms with Crippen molar-refractivity contribution in [3.8, 4) is 0 Å². The summed E-state index contributed by atoms with van der Waals surface area (Å²) in [4.78, 5) is 2.57. The van der Waals surface area contributed by atoms with E-state index in [0.29, 0.717) is 6.04 Å². The molecule has 0 atom stereocenters. The second-order valence-corrected chi connectivity index (χ2v) is 5.22. The van der Waals surface area contributed by atoms with Gasteiger partial charge >= 0.3 is 0 Å². The summed E-state index contributed by atoms with van der Waals surface area (Å²) in [5.74, 6) is 0. The lowest BCUT2D eigenvalue weighted by molar-refractivity contribution is 0.0505. The molecule has 0 unspecified atom stereocenters. The molecule has 0 bridgehead atoms. The summed E-state index contributed by atoms with van der Waals surface area (Å²) < 4.78 is 11.0. The highest BCUT2D eigenvalue weighted by atomic mass is 16.5. The van der Waals surface area contributed by atoms with Crippen LogP contribution in [0.4, 0.5) is 0 Å². The Balaban J connectivity index is 2.33. The topological polar surface area (TPSA) is 33.7 Å². The SMILES string of the molecule is CCOCCN(CCOCC)C1CCC(NC)CC1. The Morgan fingerprint density at radius 2 is 1.47 bits per heavy atom. The van der Waals surface area contributed by atoms with Crippen molar-refractivity contribution < 1.29 is 9.47 Å². The minimum absolute atomic E-state index is 0.713. The van der Waals surface area contributed by atoms with Crippen molar-refractivity contribution in [2.24, 2.45) is 0 Å². The number of nitrogens with zero attached hydrogens (tertiary/aromatic N) is 1. The first-order valence-corrected chi connectivity index (χ1v) is 7.88. The van der Waals surface area contributed by atoms with E-state index in [1.54, 1.807) is 0 Å². The van der Waals surface area contributed by atoms with E-state index in [4.69, 9.17) is 9.47 Å². The molecular weight excluding hydrogens is 240 g/mol. The number of rotatable bonds is 10. The Morgan fingerprint density at radius 3 is 1.89 bits per heavy atom. The highest BCUT2D eigenvalue weighted by Crippen LogP contribution is 2.22. The molecule has 0 aromatic carbocycles. The summed E-state index contributed by atoms with van der Waals surface area (Å²) in [7, 11) is 2.08. The minimum atomic E-state index is 0.713. The number of nitrogens with one attached hydrogen (secondary N) is 1. The summed E-state index contributed by atoms with van der Waals surface area (Å²) in [6, 6.07) is 1.43. The van der Waals surface area contributed by atoms with Gasteiger partial charge in [0.15, 0.2) is 0 Å². The third-order valence-corrected chi connectivity index (χ3v) is 4.08. The van der Waals surface area contributed by atoms with Gasteiger partial charge in [0.05, 0.1) is 13.2 Å². The third-order valence-electron chi connectivity index (χ3n) is 4.08. The lowest BCUT2D eigenvalue weighted by Crippen LogP contribution is -2.44. The first-order chi connectivity index (χ1) is 9.31. The van der Waals surface area contributed by atoms with Gasteiger partial charge < -0.3 is 14.8 Å². The summed E-state index contributed by atoms with van der Waals surface area (Å²) in [5.41, 5.74) is 0. The predicted octanol–water partition coefficient (Wildman–Crippen LogP) is 1.89. The lowest BCUT2D eigenvalue weighted by Gasteiger charge is -2.36. The van der Waals surface area contributed by atoms with Crippen LogP contribution in [0, 0.1) is 0 Å². The van der Waals surface area contributed by atoms with Gasteiger partial charge in [-0.15, -0.1) is 0 Å². The van der Waals surface area contributed by atoms with Crippen molar-refractivity contribution in [3.05, 3.63) is 0 Å². The Kier molecular flexibility index (Phi) is 9.43. The van der Waals surface area contributed by atoms with Crippen LogP contribution >= 0.6 is 0 Å². The van der Waals surface area contributed by atoms with Crippen LogP contribution < -0.4 is 5.32 Å². The van der Waals surface area contributed by atoms with Crippen LogP contribution in [0.3, 0.4) is 0 Å². The fourth-order valence-corrected chi connectivity index (χ4v) is 2.86. The highest BCUT2D eigenvalue weighted by molar-refractivity contribution is 4.82. The van der Waals surface area contributed by atoms with Crippen LogP contribution in [0.15, 0.2) is 0 Å². The zero-order valence-corrected chi connectivity index (χ0v) is 13.0. The van der Waals surface area contributed by atoms with Gasteiger partial charge in [-0.1, -0.05) is 0 Å². The van der Waals surface area contributed by atoms with E-state index in [1.807, 2.05) is 0 Å². The first kappa shape index (κ1) is 16.9. The van der Waals surface area contributed by atoms with Crippen LogP contribution in [0.5, 0.6) is 0 Å². The molecule has 0 spiro atoms. The van der Waals surface area contributed by atoms with E-state index in [1.165, 1.54) is 25.7 Å². The normalized spacial score (nSPS) is 24.0. The predicted molar refractivity (Wildman–Crippen MR) is 79.7 cm³/mol. The molecule has 4 nitrogen and oxygen atoms in total. The summed E-state index contributed by atoms with van der Waals surface area (Å²) >= 11 is 0. The molecular formula is C15H32N2O2. The van der Waals surface area contributed by atoms with Crippen molar-refractivity contribution in [1.82, 2.24) is 10.2 Å². The molecule has 19 heavy (non-hydrogen) atoms. The van der Waals surface area contributed by atoms with Gasteiger partial charge in [0.25, 0.3) is 0 Å². The lowest BCUT2D eigenvalue weighted by atomic mass is 9.90. The van der Waals surface area contributed by atoms with Crippen LogP contribution in [0.2, 0.25) is 0 Å².